The Bertz CT molecular complexity index is 775. The Morgan fingerprint density at radius 3 is 1.29 bits per heavy atom. The van der Waals surface area contributed by atoms with Crippen LogP contribution in [0.5, 0.6) is 0 Å². The third kappa shape index (κ3) is 6.07. The molecule has 0 fully saturated rings. The first-order valence-electron chi connectivity index (χ1n) is 6.98. The molecule has 0 aliphatic heterocycles. The smallest absolute Gasteiger partial charge is 1.00 e. The molecule has 0 unspecified atom stereocenters. The maximum Gasteiger partial charge on any atom is 2.00 e. The van der Waals surface area contributed by atoms with Gasteiger partial charge < -0.3 is 24.8 Å². The van der Waals surface area contributed by atoms with E-state index in [4.69, 9.17) is 0 Å². The van der Waals surface area contributed by atoms with Gasteiger partial charge in [-0.05, 0) is 13.8 Å². The Morgan fingerprint density at radius 1 is 0.583 bits per heavy atom. The van der Waals surface area contributed by atoms with Crippen LogP contribution in [0.3, 0.4) is 0 Å². The molecule has 4 rings (SSSR count). The Balaban J connectivity index is 0. The van der Waals surface area contributed by atoms with Crippen LogP contribution in [0.2, 0.25) is 0 Å². The zero-order chi connectivity index (χ0) is 13.9. The van der Waals surface area contributed by atoms with Crippen molar-refractivity contribution >= 4 is 21.5 Å². The molecule has 0 aromatic heterocycles. The molecular weight excluding hydrogens is 494 g/mol. The van der Waals surface area contributed by atoms with Crippen LogP contribution < -0.4 is 24.8 Å². The quantitative estimate of drug-likeness (QED) is 0.286. The molecule has 0 aliphatic rings. The molecule has 0 spiro atoms. The van der Waals surface area contributed by atoms with Gasteiger partial charge in [0, 0.05) is 0 Å². The van der Waals surface area contributed by atoms with Gasteiger partial charge in [0.25, 0.3) is 0 Å². The van der Waals surface area contributed by atoms with Gasteiger partial charge in [-0.25, -0.2) is 0 Å². The van der Waals surface area contributed by atoms with E-state index in [1.165, 1.54) is 32.7 Å². The Labute approximate surface area is 194 Å². The molecule has 0 saturated heterocycles. The second-order valence-corrected chi connectivity index (χ2v) is 5.21. The minimum Gasteiger partial charge on any atom is -1.00 e. The zero-order valence-electron chi connectivity index (χ0n) is 13.7. The molecule has 0 radical (unpaired) electrons. The van der Waals surface area contributed by atoms with Crippen molar-refractivity contribution in [3.05, 3.63) is 83.9 Å². The summed E-state index contributed by atoms with van der Waals surface area (Å²) in [4.78, 5) is 0. The molecule has 4 heteroatoms. The third-order valence-corrected chi connectivity index (χ3v) is 3.79. The van der Waals surface area contributed by atoms with Crippen molar-refractivity contribution < 1.29 is 77.2 Å². The summed E-state index contributed by atoms with van der Waals surface area (Å²) in [5.41, 5.74) is 2.73. The normalized spacial score (nSPS) is 8.75. The molecule has 0 nitrogen and oxygen atoms in total. The molecule has 0 atom stereocenters. The van der Waals surface area contributed by atoms with Crippen molar-refractivity contribution in [3.8, 4) is 0 Å². The van der Waals surface area contributed by atoms with Crippen molar-refractivity contribution in [2.75, 3.05) is 0 Å². The van der Waals surface area contributed by atoms with Crippen LogP contribution in [0.25, 0.3) is 21.5 Å². The summed E-state index contributed by atoms with van der Waals surface area (Å²) in [5.74, 6) is 0. The fourth-order valence-electron chi connectivity index (χ4n) is 2.65. The number of halogens is 2. The van der Waals surface area contributed by atoms with Crippen LogP contribution in [0.4, 0.5) is 0 Å². The summed E-state index contributed by atoms with van der Waals surface area (Å²) in [6, 6.07) is 25.5. The van der Waals surface area contributed by atoms with Gasteiger partial charge in [-0.3, -0.25) is 0 Å². The Hall–Kier alpha value is 0.00623. The summed E-state index contributed by atoms with van der Waals surface area (Å²) in [7, 11) is 0. The zero-order valence-corrected chi connectivity index (χ0v) is 20.1. The van der Waals surface area contributed by atoms with Crippen LogP contribution >= 0.6 is 0 Å². The van der Waals surface area contributed by atoms with Crippen molar-refractivity contribution in [1.29, 1.82) is 0 Å². The third-order valence-electron chi connectivity index (χ3n) is 3.79. The predicted molar refractivity (Wildman–Crippen MR) is 88.6 cm³/mol. The van der Waals surface area contributed by atoms with Crippen molar-refractivity contribution in [2.24, 2.45) is 0 Å². The van der Waals surface area contributed by atoms with E-state index in [0.717, 1.165) is 0 Å². The molecule has 24 heavy (non-hydrogen) atoms. The fourth-order valence-corrected chi connectivity index (χ4v) is 2.65. The molecule has 0 aliphatic carbocycles. The number of aryl methyl sites for hydroxylation is 2. The predicted octanol–water partition coefficient (Wildman–Crippen LogP) is -0.263. The average molecular weight is 512 g/mol. The minimum atomic E-state index is 0. The van der Waals surface area contributed by atoms with E-state index in [2.05, 4.69) is 86.6 Å². The van der Waals surface area contributed by atoms with E-state index in [1.54, 1.807) is 0 Å². The first-order valence-corrected chi connectivity index (χ1v) is 6.98. The number of benzene rings is 2. The largest absolute Gasteiger partial charge is 2.00 e. The first-order chi connectivity index (χ1) is 9.75. The number of rotatable bonds is 0. The van der Waals surface area contributed by atoms with Gasteiger partial charge in [0.1, 0.15) is 0 Å². The van der Waals surface area contributed by atoms with E-state index in [9.17, 15) is 0 Å². The topological polar surface area (TPSA) is 0 Å². The second-order valence-electron chi connectivity index (χ2n) is 5.21. The summed E-state index contributed by atoms with van der Waals surface area (Å²) in [5, 5.41) is 5.45. The minimum absolute atomic E-state index is 0. The monoisotopic (exact) mass is 508 g/mol. The van der Waals surface area contributed by atoms with E-state index >= 15 is 0 Å². The van der Waals surface area contributed by atoms with Crippen molar-refractivity contribution in [1.82, 2.24) is 0 Å². The summed E-state index contributed by atoms with van der Waals surface area (Å²) >= 11 is 0. The first kappa shape index (κ1) is 26.2. The van der Waals surface area contributed by atoms with Gasteiger partial charge in [-0.2, -0.15) is 24.3 Å². The van der Waals surface area contributed by atoms with Crippen LogP contribution in [0, 0.1) is 13.8 Å². The molecule has 0 bridgehead atoms. The van der Waals surface area contributed by atoms with Gasteiger partial charge in [0.05, 0.1) is 0 Å². The molecule has 0 heterocycles. The summed E-state index contributed by atoms with van der Waals surface area (Å²) in [6.45, 7) is 4.28. The Morgan fingerprint density at radius 2 is 0.958 bits per heavy atom. The van der Waals surface area contributed by atoms with E-state index < -0.39 is 0 Å². The van der Waals surface area contributed by atoms with Crippen molar-refractivity contribution in [3.63, 3.8) is 0 Å². The number of hydrogen-bond donors (Lipinski definition) is 0. The van der Waals surface area contributed by atoms with Crippen LogP contribution in [-0.2, 0) is 52.4 Å². The van der Waals surface area contributed by atoms with Gasteiger partial charge in [0.2, 0.25) is 0 Å². The SMILES string of the molecule is Cc1cccc2[cH-]ccc12.Cc1cccc2[cH-]ccc12.[Cl-].[Cl-].[Zr+2].[Zr+2]. The maximum absolute atomic E-state index is 2.16. The van der Waals surface area contributed by atoms with Gasteiger partial charge in [-0.1, -0.05) is 23.3 Å². The summed E-state index contributed by atoms with van der Waals surface area (Å²) < 4.78 is 0. The molecule has 120 valence electrons. The molecule has 0 saturated carbocycles. The van der Waals surface area contributed by atoms with Crippen LogP contribution in [0.1, 0.15) is 11.1 Å². The van der Waals surface area contributed by atoms with E-state index in [1.807, 2.05) is 0 Å². The van der Waals surface area contributed by atoms with E-state index in [-0.39, 0.29) is 77.2 Å². The van der Waals surface area contributed by atoms with Gasteiger partial charge in [-0.15, -0.1) is 57.9 Å². The average Bonchev–Trinajstić information content (AvgIpc) is 3.08. The van der Waals surface area contributed by atoms with Crippen molar-refractivity contribution in [2.45, 2.75) is 13.8 Å². The van der Waals surface area contributed by atoms with Crippen LogP contribution in [-0.4, -0.2) is 0 Å². The maximum atomic E-state index is 2.16. The standard InChI is InChI=1S/2C10H9.2ClH.2Zr/c2*1-8-4-2-5-9-6-3-7-10(8)9;;;;/h2*2-7H,1H3;2*1H;;/q2*-1;;;2*+2/p-2. The van der Waals surface area contributed by atoms with E-state index in [0.29, 0.717) is 0 Å². The van der Waals surface area contributed by atoms with Crippen LogP contribution in [0.15, 0.2) is 72.8 Å². The molecule has 0 amide bonds. The van der Waals surface area contributed by atoms with Gasteiger partial charge in [0.15, 0.2) is 0 Å². The second kappa shape index (κ2) is 12.4. The molecule has 4 aromatic rings. The number of hydrogen-bond acceptors (Lipinski definition) is 0. The molecule has 4 aromatic carbocycles. The number of fused-ring (bicyclic) bond motifs is 2. The summed E-state index contributed by atoms with van der Waals surface area (Å²) in [6.07, 6.45) is 0. The molecule has 0 N–H and O–H groups in total. The molecular formula is C20H18Cl2Zr2. The van der Waals surface area contributed by atoms with Gasteiger partial charge >= 0.3 is 52.4 Å². The fraction of sp³-hybridized carbons (Fsp3) is 0.100. The Kier molecular flexibility index (Phi) is 13.5.